The van der Waals surface area contributed by atoms with Crippen LogP contribution in [0.4, 0.5) is 0 Å². The summed E-state index contributed by atoms with van der Waals surface area (Å²) in [7, 11) is 1.69. The predicted molar refractivity (Wildman–Crippen MR) is 216 cm³/mol. The molecule has 1 aliphatic heterocycles. The molecule has 58 heavy (non-hydrogen) atoms. The SMILES string of the molecule is COCCCNCC1=C[C@@H]2C[C@]3(O)[C@]4(O)[C@@H](O)[C@@H]5C[C@H]6[C@H](C=CC[C@@H]6C6CCCC6)C[C@H]6[C@@H](O)CC[C@](C=O)([C@H]4CC[C@]3(C3CCCCC3)[C@H]2C2=CC(=O)O[C@@H]12)[C@@]65O. The van der Waals surface area contributed by atoms with Crippen LogP contribution in [0.1, 0.15) is 116 Å². The molecule has 1 heterocycles. The molecule has 10 nitrogen and oxygen atoms in total. The van der Waals surface area contributed by atoms with Crippen LogP contribution in [0, 0.1) is 70.0 Å². The van der Waals surface area contributed by atoms with Gasteiger partial charge in [-0.1, -0.05) is 63.2 Å². The lowest BCUT2D eigenvalue weighted by atomic mass is 9.34. The smallest absolute Gasteiger partial charge is 0.331 e. The van der Waals surface area contributed by atoms with Crippen molar-refractivity contribution in [3.05, 3.63) is 35.5 Å². The molecule has 0 radical (unpaired) electrons. The number of allylic oxidation sites excluding steroid dienone is 3. The number of ether oxygens (including phenoxy) is 2. The molecule has 0 aromatic heterocycles. The fraction of sp³-hybridized carbons (Fsp3) is 0.833. The van der Waals surface area contributed by atoms with Gasteiger partial charge in [-0.3, -0.25) is 0 Å². The van der Waals surface area contributed by atoms with Crippen LogP contribution < -0.4 is 5.32 Å². The minimum absolute atomic E-state index is 0.0282. The summed E-state index contributed by atoms with van der Waals surface area (Å²) in [4.78, 5) is 27.6. The molecule has 0 aromatic rings. The van der Waals surface area contributed by atoms with Gasteiger partial charge in [-0.15, -0.1) is 0 Å². The second-order valence-electron chi connectivity index (χ2n) is 21.1. The highest BCUT2D eigenvalue weighted by molar-refractivity contribution is 5.87. The average Bonchev–Trinajstić information content (AvgIpc) is 3.94. The predicted octanol–water partition coefficient (Wildman–Crippen LogP) is 4.95. The molecule has 16 atom stereocenters. The number of carbonyl (C=O) groups is 2. The van der Waals surface area contributed by atoms with E-state index in [1.165, 1.54) is 25.7 Å². The molecule has 7 saturated carbocycles. The molecular weight excluding hydrogens is 735 g/mol. The Kier molecular flexibility index (Phi) is 10.1. The first-order valence-electron chi connectivity index (χ1n) is 23.5. The van der Waals surface area contributed by atoms with E-state index in [0.29, 0.717) is 57.1 Å². The molecule has 10 heteroatoms. The van der Waals surface area contributed by atoms with E-state index < -0.39 is 63.7 Å². The van der Waals surface area contributed by atoms with Gasteiger partial charge < -0.3 is 45.1 Å². The van der Waals surface area contributed by atoms with Crippen molar-refractivity contribution >= 4 is 12.3 Å². The van der Waals surface area contributed by atoms with E-state index in [4.69, 9.17) is 9.47 Å². The number of carbonyl (C=O) groups excluding carboxylic acids is 2. The topological polar surface area (TPSA) is 166 Å². The molecule has 0 aromatic carbocycles. The summed E-state index contributed by atoms with van der Waals surface area (Å²) in [6.45, 7) is 1.88. The van der Waals surface area contributed by atoms with Crippen molar-refractivity contribution in [2.24, 2.45) is 70.0 Å². The van der Waals surface area contributed by atoms with Crippen molar-refractivity contribution in [2.75, 3.05) is 26.8 Å². The molecule has 7 fully saturated rings. The molecule has 0 spiro atoms. The molecule has 0 saturated heterocycles. The van der Waals surface area contributed by atoms with Crippen molar-refractivity contribution in [1.82, 2.24) is 5.32 Å². The third kappa shape index (κ3) is 5.21. The third-order valence-corrected chi connectivity index (χ3v) is 19.4. The number of fused-ring (bicyclic) bond motifs is 9. The van der Waals surface area contributed by atoms with Gasteiger partial charge in [0.25, 0.3) is 0 Å². The summed E-state index contributed by atoms with van der Waals surface area (Å²) < 4.78 is 11.4. The van der Waals surface area contributed by atoms with Gasteiger partial charge in [0, 0.05) is 49.5 Å². The minimum atomic E-state index is -2.12. The van der Waals surface area contributed by atoms with Gasteiger partial charge in [-0.2, -0.15) is 0 Å². The van der Waals surface area contributed by atoms with Gasteiger partial charge in [0.15, 0.2) is 0 Å². The summed E-state index contributed by atoms with van der Waals surface area (Å²) in [6.07, 6.45) is 20.4. The number of rotatable bonds is 9. The largest absolute Gasteiger partial charge is 0.450 e. The Bertz CT molecular complexity index is 1720. The van der Waals surface area contributed by atoms with Gasteiger partial charge in [0.05, 0.1) is 23.2 Å². The van der Waals surface area contributed by atoms with Crippen molar-refractivity contribution in [1.29, 1.82) is 0 Å². The number of hydrogen-bond acceptors (Lipinski definition) is 10. The monoisotopic (exact) mass is 803 g/mol. The number of hydrogen-bond donors (Lipinski definition) is 6. The maximum Gasteiger partial charge on any atom is 0.331 e. The van der Waals surface area contributed by atoms with E-state index in [0.717, 1.165) is 68.9 Å². The number of esters is 1. The maximum absolute atomic E-state index is 14.3. The van der Waals surface area contributed by atoms with E-state index in [2.05, 4.69) is 23.5 Å². The van der Waals surface area contributed by atoms with Crippen LogP contribution in [0.3, 0.4) is 0 Å². The fourth-order valence-electron chi connectivity index (χ4n) is 17.4. The van der Waals surface area contributed by atoms with E-state index in [-0.39, 0.29) is 48.4 Å². The molecule has 6 N–H and O–H groups in total. The van der Waals surface area contributed by atoms with Crippen molar-refractivity contribution in [2.45, 2.75) is 151 Å². The molecule has 0 bridgehead atoms. The van der Waals surface area contributed by atoms with Gasteiger partial charge >= 0.3 is 5.97 Å². The number of aliphatic hydroxyl groups is 5. The summed E-state index contributed by atoms with van der Waals surface area (Å²) in [5, 5.41) is 71.1. The van der Waals surface area contributed by atoms with Crippen molar-refractivity contribution in [3.63, 3.8) is 0 Å². The summed E-state index contributed by atoms with van der Waals surface area (Å²) >= 11 is 0. The lowest BCUT2D eigenvalue weighted by Crippen LogP contribution is -2.85. The standard InChI is InChI=1S/C48H69NO9/c1-57-20-8-19-49-26-31-21-30-25-46(54)45(32-12-3-2-4-13-32,41(30)35-24-40(52)58-42(31)35)18-16-39-44(27-50)17-15-38(51)36-22-29-11-7-14-33(28-9-5-6-10-28)34(29)23-37(47(36,44)55)43(53)48(39,46)56/h7,11,21,24,27-30,32-34,36-39,41-43,49,51,53-56H,2-6,8-10,12-20,22-23,25-26H2,1H3/t29-,30-,33-,34+,36+,37+,38+,39-,41-,42+,43+,44+,45+,46-,47-,48-/m1/s1. The Morgan fingerprint density at radius 3 is 2.45 bits per heavy atom. The zero-order chi connectivity index (χ0) is 40.2. The Balaban J connectivity index is 1.12. The lowest BCUT2D eigenvalue weighted by molar-refractivity contribution is -0.379. The summed E-state index contributed by atoms with van der Waals surface area (Å²) in [6, 6.07) is 0. The maximum atomic E-state index is 14.3. The highest BCUT2D eigenvalue weighted by Gasteiger charge is 2.86. The highest BCUT2D eigenvalue weighted by Crippen LogP contribution is 2.78. The normalized spacial score (nSPS) is 50.9. The number of methoxy groups -OCH3 is 1. The highest BCUT2D eigenvalue weighted by atomic mass is 16.5. The zero-order valence-electron chi connectivity index (χ0n) is 34.6. The van der Waals surface area contributed by atoms with Gasteiger partial charge in [0.1, 0.15) is 23.6 Å². The second kappa shape index (κ2) is 14.6. The first-order chi connectivity index (χ1) is 28.0. The Morgan fingerprint density at radius 1 is 0.914 bits per heavy atom. The lowest BCUT2D eigenvalue weighted by Gasteiger charge is -2.74. The van der Waals surface area contributed by atoms with E-state index in [9.17, 15) is 35.1 Å². The van der Waals surface area contributed by atoms with Crippen molar-refractivity contribution < 1.29 is 44.6 Å². The number of aldehydes is 1. The van der Waals surface area contributed by atoms with Crippen LogP contribution in [-0.4, -0.2) is 99.7 Å². The molecule has 0 unspecified atom stereocenters. The van der Waals surface area contributed by atoms with Crippen LogP contribution >= 0.6 is 0 Å². The molecule has 9 aliphatic carbocycles. The molecule has 10 rings (SSSR count). The van der Waals surface area contributed by atoms with Crippen LogP contribution in [0.2, 0.25) is 0 Å². The quantitative estimate of drug-likeness (QED) is 0.0814. The zero-order valence-corrected chi connectivity index (χ0v) is 34.6. The fourth-order valence-corrected chi connectivity index (χ4v) is 17.4. The summed E-state index contributed by atoms with van der Waals surface area (Å²) in [5.74, 6) is -2.20. The Hall–Kier alpha value is -1.92. The average molecular weight is 804 g/mol. The Labute approximate surface area is 344 Å². The first-order valence-corrected chi connectivity index (χ1v) is 23.5. The van der Waals surface area contributed by atoms with Crippen LogP contribution in [0.15, 0.2) is 35.5 Å². The first kappa shape index (κ1) is 40.2. The van der Waals surface area contributed by atoms with E-state index in [1.54, 1.807) is 13.2 Å². The molecule has 320 valence electrons. The Morgan fingerprint density at radius 2 is 1.69 bits per heavy atom. The van der Waals surface area contributed by atoms with Gasteiger partial charge in [-0.25, -0.2) is 4.79 Å². The van der Waals surface area contributed by atoms with Crippen LogP contribution in [0.25, 0.3) is 0 Å². The minimum Gasteiger partial charge on any atom is -0.450 e. The van der Waals surface area contributed by atoms with Crippen LogP contribution in [-0.2, 0) is 19.1 Å². The van der Waals surface area contributed by atoms with Crippen molar-refractivity contribution in [3.8, 4) is 0 Å². The molecular formula is C48H69NO9. The third-order valence-electron chi connectivity index (χ3n) is 19.4. The molecule has 10 aliphatic rings. The number of aliphatic hydroxyl groups excluding tert-OH is 2. The van der Waals surface area contributed by atoms with Gasteiger partial charge in [-0.05, 0) is 130 Å². The van der Waals surface area contributed by atoms with Gasteiger partial charge in [0.2, 0.25) is 0 Å². The summed E-state index contributed by atoms with van der Waals surface area (Å²) in [5.41, 5.74) is -6.22. The van der Waals surface area contributed by atoms with E-state index >= 15 is 0 Å². The van der Waals surface area contributed by atoms with E-state index in [1.807, 2.05) is 0 Å². The second-order valence-corrected chi connectivity index (χ2v) is 21.1. The molecule has 0 amide bonds. The number of nitrogens with one attached hydrogen (secondary N) is 1. The van der Waals surface area contributed by atoms with Crippen LogP contribution in [0.5, 0.6) is 0 Å².